The maximum Gasteiger partial charge on any atom is 0.337 e. The van der Waals surface area contributed by atoms with Gasteiger partial charge in [-0.25, -0.2) is 9.78 Å². The lowest BCUT2D eigenvalue weighted by Gasteiger charge is -2.10. The number of nitrogens with two attached hydrogens (primary N) is 1. The molecule has 1 aromatic carbocycles. The molecular weight excluding hydrogens is 330 g/mol. The van der Waals surface area contributed by atoms with Gasteiger partial charge in [0, 0.05) is 17.9 Å². The molecule has 0 aliphatic carbocycles. The summed E-state index contributed by atoms with van der Waals surface area (Å²) in [4.78, 5) is 27.8. The molecule has 128 valence electrons. The summed E-state index contributed by atoms with van der Waals surface area (Å²) in [6, 6.07) is 4.41. The minimum absolute atomic E-state index is 0.00561. The Morgan fingerprint density at radius 2 is 2.21 bits per heavy atom. The molecule has 0 saturated carbocycles. The molecule has 7 nitrogen and oxygen atoms in total. The zero-order valence-corrected chi connectivity index (χ0v) is 14.1. The summed E-state index contributed by atoms with van der Waals surface area (Å²) in [5.41, 5.74) is 6.33. The van der Waals surface area contributed by atoms with E-state index in [4.69, 9.17) is 10.5 Å². The molecule has 0 atom stereocenters. The number of thiazole rings is 1. The maximum absolute atomic E-state index is 12.2. The van der Waals surface area contributed by atoms with E-state index in [0.717, 1.165) is 17.8 Å². The Kier molecular flexibility index (Phi) is 6.28. The van der Waals surface area contributed by atoms with Gasteiger partial charge in [0.25, 0.3) is 0 Å². The highest BCUT2D eigenvalue weighted by atomic mass is 32.1. The first-order valence-electron chi connectivity index (χ1n) is 7.38. The summed E-state index contributed by atoms with van der Waals surface area (Å²) in [6.45, 7) is 0.600. The van der Waals surface area contributed by atoms with Crippen molar-refractivity contribution in [1.82, 2.24) is 4.98 Å². The van der Waals surface area contributed by atoms with Crippen molar-refractivity contribution in [2.45, 2.75) is 19.3 Å². The lowest BCUT2D eigenvalue weighted by Crippen LogP contribution is -2.17. The van der Waals surface area contributed by atoms with Crippen LogP contribution in [0.5, 0.6) is 5.75 Å². The minimum atomic E-state index is -1.12. The normalized spacial score (nSPS) is 10.4. The van der Waals surface area contributed by atoms with E-state index in [1.165, 1.54) is 36.6 Å². The summed E-state index contributed by atoms with van der Waals surface area (Å²) >= 11 is 1.49. The van der Waals surface area contributed by atoms with Crippen molar-refractivity contribution in [2.75, 3.05) is 19.0 Å². The van der Waals surface area contributed by atoms with Gasteiger partial charge in [0.2, 0.25) is 5.91 Å². The molecule has 2 aromatic rings. The van der Waals surface area contributed by atoms with Crippen LogP contribution in [0.3, 0.4) is 0 Å². The Hall–Kier alpha value is -2.45. The molecule has 0 radical (unpaired) electrons. The largest absolute Gasteiger partial charge is 0.497 e. The molecule has 1 heterocycles. The number of benzene rings is 1. The molecule has 2 rings (SSSR count). The van der Waals surface area contributed by atoms with Crippen molar-refractivity contribution >= 4 is 28.9 Å². The number of rotatable bonds is 8. The van der Waals surface area contributed by atoms with Crippen LogP contribution in [-0.2, 0) is 17.6 Å². The first kappa shape index (κ1) is 17.9. The number of aromatic nitrogens is 1. The van der Waals surface area contributed by atoms with Gasteiger partial charge in [0.05, 0.1) is 35.5 Å². The first-order valence-corrected chi connectivity index (χ1v) is 8.26. The Balaban J connectivity index is 2.06. The number of methoxy groups -OCH3 is 1. The van der Waals surface area contributed by atoms with E-state index in [1.807, 2.05) is 5.38 Å². The molecule has 1 aromatic heterocycles. The van der Waals surface area contributed by atoms with Crippen LogP contribution in [0, 0.1) is 0 Å². The first-order chi connectivity index (χ1) is 11.5. The number of hydrogen-bond acceptors (Lipinski definition) is 6. The van der Waals surface area contributed by atoms with Crippen LogP contribution in [0.2, 0.25) is 0 Å². The second kappa shape index (κ2) is 8.42. The SMILES string of the molecule is COc1ccc(C(=O)O)c(NC(=O)Cc2csc(CCCN)n2)c1. The van der Waals surface area contributed by atoms with Gasteiger partial charge in [0.1, 0.15) is 5.75 Å². The van der Waals surface area contributed by atoms with E-state index in [-0.39, 0.29) is 23.6 Å². The Morgan fingerprint density at radius 3 is 2.88 bits per heavy atom. The van der Waals surface area contributed by atoms with Crippen molar-refractivity contribution in [3.05, 3.63) is 39.8 Å². The van der Waals surface area contributed by atoms with Crippen LogP contribution >= 0.6 is 11.3 Å². The molecule has 24 heavy (non-hydrogen) atoms. The summed E-state index contributed by atoms with van der Waals surface area (Å²) < 4.78 is 5.07. The van der Waals surface area contributed by atoms with Gasteiger partial charge in [0.15, 0.2) is 0 Å². The van der Waals surface area contributed by atoms with Gasteiger partial charge in [-0.05, 0) is 25.1 Å². The van der Waals surface area contributed by atoms with Crippen LogP contribution in [0.15, 0.2) is 23.6 Å². The number of carboxylic acid groups (broad SMARTS) is 1. The van der Waals surface area contributed by atoms with Crippen LogP contribution < -0.4 is 15.8 Å². The Morgan fingerprint density at radius 1 is 1.42 bits per heavy atom. The molecule has 0 aliphatic rings. The Labute approximate surface area is 143 Å². The molecule has 1 amide bonds. The van der Waals surface area contributed by atoms with Crippen molar-refractivity contribution < 1.29 is 19.4 Å². The maximum atomic E-state index is 12.2. The van der Waals surface area contributed by atoms with E-state index in [0.29, 0.717) is 18.0 Å². The lowest BCUT2D eigenvalue weighted by atomic mass is 10.1. The number of aryl methyl sites for hydroxylation is 1. The average molecular weight is 349 g/mol. The highest BCUT2D eigenvalue weighted by molar-refractivity contribution is 7.09. The standard InChI is InChI=1S/C16H19N3O4S/c1-23-11-4-5-12(16(21)22)13(8-11)19-14(20)7-10-9-24-15(18-10)3-2-6-17/h4-5,8-9H,2-3,6-7,17H2,1H3,(H,19,20)(H,21,22). The number of nitrogens with one attached hydrogen (secondary N) is 1. The van der Waals surface area contributed by atoms with E-state index in [1.54, 1.807) is 0 Å². The third-order valence-corrected chi connectivity index (χ3v) is 4.22. The van der Waals surface area contributed by atoms with Crippen LogP contribution in [-0.4, -0.2) is 35.6 Å². The number of carbonyl (C=O) groups excluding carboxylic acids is 1. The number of nitrogens with zero attached hydrogens (tertiary/aromatic N) is 1. The predicted octanol–water partition coefficient (Wildman–Crippen LogP) is 1.92. The fourth-order valence-electron chi connectivity index (χ4n) is 2.10. The third kappa shape index (κ3) is 4.77. The number of carboxylic acids is 1. The fourth-order valence-corrected chi connectivity index (χ4v) is 2.94. The molecule has 0 bridgehead atoms. The van der Waals surface area contributed by atoms with Crippen LogP contribution in [0.4, 0.5) is 5.69 Å². The monoisotopic (exact) mass is 349 g/mol. The number of amides is 1. The van der Waals surface area contributed by atoms with Crippen molar-refractivity contribution in [1.29, 1.82) is 0 Å². The van der Waals surface area contributed by atoms with Crippen molar-refractivity contribution in [2.24, 2.45) is 5.73 Å². The molecule has 8 heteroatoms. The van der Waals surface area contributed by atoms with Gasteiger partial charge in [-0.15, -0.1) is 11.3 Å². The molecule has 0 saturated heterocycles. The zero-order valence-electron chi connectivity index (χ0n) is 13.2. The minimum Gasteiger partial charge on any atom is -0.497 e. The molecular formula is C16H19N3O4S. The van der Waals surface area contributed by atoms with Gasteiger partial charge >= 0.3 is 5.97 Å². The van der Waals surface area contributed by atoms with Gasteiger partial charge in [-0.3, -0.25) is 4.79 Å². The Bertz CT molecular complexity index is 730. The second-order valence-electron chi connectivity index (χ2n) is 5.07. The molecule has 0 spiro atoms. The number of carbonyl (C=O) groups is 2. The highest BCUT2D eigenvalue weighted by Crippen LogP contribution is 2.23. The molecule has 0 aliphatic heterocycles. The number of aromatic carboxylic acids is 1. The van der Waals surface area contributed by atoms with E-state index >= 15 is 0 Å². The molecule has 0 unspecified atom stereocenters. The van der Waals surface area contributed by atoms with Gasteiger partial charge in [-0.1, -0.05) is 0 Å². The van der Waals surface area contributed by atoms with Crippen LogP contribution in [0.1, 0.15) is 27.5 Å². The highest BCUT2D eigenvalue weighted by Gasteiger charge is 2.15. The van der Waals surface area contributed by atoms with E-state index in [2.05, 4.69) is 10.3 Å². The number of ether oxygens (including phenoxy) is 1. The van der Waals surface area contributed by atoms with Crippen molar-refractivity contribution in [3.63, 3.8) is 0 Å². The molecule has 0 fully saturated rings. The van der Waals surface area contributed by atoms with Gasteiger partial charge in [-0.2, -0.15) is 0 Å². The van der Waals surface area contributed by atoms with E-state index in [9.17, 15) is 14.7 Å². The van der Waals surface area contributed by atoms with E-state index < -0.39 is 5.97 Å². The average Bonchev–Trinajstić information content (AvgIpc) is 2.99. The fraction of sp³-hybridized carbons (Fsp3) is 0.312. The third-order valence-electron chi connectivity index (χ3n) is 3.27. The molecule has 4 N–H and O–H groups in total. The topological polar surface area (TPSA) is 115 Å². The van der Waals surface area contributed by atoms with Gasteiger partial charge < -0.3 is 20.9 Å². The summed E-state index contributed by atoms with van der Waals surface area (Å²) in [5, 5.41) is 14.6. The second-order valence-corrected chi connectivity index (χ2v) is 6.01. The van der Waals surface area contributed by atoms with Crippen molar-refractivity contribution in [3.8, 4) is 5.75 Å². The quantitative estimate of drug-likeness (QED) is 0.671. The summed E-state index contributed by atoms with van der Waals surface area (Å²) in [5.74, 6) is -0.986. The lowest BCUT2D eigenvalue weighted by molar-refractivity contribution is -0.115. The smallest absolute Gasteiger partial charge is 0.337 e. The van der Waals surface area contributed by atoms with Crippen LogP contribution in [0.25, 0.3) is 0 Å². The zero-order chi connectivity index (χ0) is 17.5. The number of hydrogen-bond donors (Lipinski definition) is 3. The summed E-state index contributed by atoms with van der Waals surface area (Å²) in [6.07, 6.45) is 1.72. The summed E-state index contributed by atoms with van der Waals surface area (Å²) in [7, 11) is 1.47. The number of anilines is 1. The predicted molar refractivity (Wildman–Crippen MR) is 91.8 cm³/mol.